The SMILES string of the molecule is CCc1nc(-c2ccc3c(c2)CC(C)N(CC(C)(C)F)C3c2c(F)cc(/C=C/C(=O)O)cc2F)no1.COC(=O)/C=C/c1cc(F)c(C2c3ccc(C(=N)CO)cc3CC(C)N2CC(C)(C)F)c(F)c1.[C-]#[N+]c1ccc2c(c1)CC(C)N(CC(C)(C)F)C2c1c(F)cc(/C=C/C(=O)OC)cc1F. The van der Waals surface area contributed by atoms with Gasteiger partial charge in [0.15, 0.2) is 5.69 Å². The smallest absolute Gasteiger partial charge is 0.330 e. The average molecular weight is 1420 g/mol. The molecule has 6 atom stereocenters. The number of aryl methyl sites for hydroxylation is 1. The van der Waals surface area contributed by atoms with Crippen molar-refractivity contribution in [2.45, 2.75) is 148 Å². The molecule has 1 aromatic heterocycles. The van der Waals surface area contributed by atoms with Crippen LogP contribution in [0.2, 0.25) is 0 Å². The molecule has 0 fully saturated rings. The van der Waals surface area contributed by atoms with E-state index in [9.17, 15) is 32.7 Å². The zero-order chi connectivity index (χ0) is 75.0. The van der Waals surface area contributed by atoms with Crippen LogP contribution in [0.15, 0.2) is 114 Å². The Labute approximate surface area is 587 Å². The second kappa shape index (κ2) is 32.6. The van der Waals surface area contributed by atoms with Crippen molar-refractivity contribution in [1.29, 1.82) is 5.41 Å². The summed E-state index contributed by atoms with van der Waals surface area (Å²) in [5.74, 6) is -6.47. The van der Waals surface area contributed by atoms with Crippen molar-refractivity contribution in [3.05, 3.63) is 234 Å². The van der Waals surface area contributed by atoms with E-state index in [2.05, 4.69) is 24.5 Å². The first-order chi connectivity index (χ1) is 47.9. The molecule has 3 aliphatic heterocycles. The van der Waals surface area contributed by atoms with E-state index in [0.717, 1.165) is 83.0 Å². The third kappa shape index (κ3) is 19.1. The number of hydrogen-bond acceptors (Lipinski definition) is 13. The summed E-state index contributed by atoms with van der Waals surface area (Å²) < 4.78 is 151. The second-order valence-corrected chi connectivity index (χ2v) is 27.4. The second-order valence-electron chi connectivity index (χ2n) is 27.4. The molecular weight excluding hydrogens is 1330 g/mol. The highest BCUT2D eigenvalue weighted by Crippen LogP contribution is 2.46. The van der Waals surface area contributed by atoms with E-state index in [1.807, 2.05) is 33.8 Å². The van der Waals surface area contributed by atoms with Gasteiger partial charge in [0, 0.05) is 84.7 Å². The van der Waals surface area contributed by atoms with Gasteiger partial charge in [-0.05, 0) is 198 Å². The molecule has 3 aliphatic rings. The molecule has 7 aromatic rings. The van der Waals surface area contributed by atoms with Crippen LogP contribution in [0, 0.1) is 46.9 Å². The van der Waals surface area contributed by atoms with Gasteiger partial charge >= 0.3 is 17.9 Å². The van der Waals surface area contributed by atoms with Crippen molar-refractivity contribution in [1.82, 2.24) is 24.8 Å². The van der Waals surface area contributed by atoms with Gasteiger partial charge < -0.3 is 29.6 Å². The maximum Gasteiger partial charge on any atom is 0.330 e. The lowest BCUT2D eigenvalue weighted by Crippen LogP contribution is -2.48. The number of fused-ring (bicyclic) bond motifs is 3. The Bertz CT molecular complexity index is 4340. The van der Waals surface area contributed by atoms with Crippen LogP contribution < -0.4 is 0 Å². The lowest BCUT2D eigenvalue weighted by Gasteiger charge is -2.44. The summed E-state index contributed by atoms with van der Waals surface area (Å²) in [7, 11) is 2.41. The number of aliphatic hydroxyl groups excluding tert-OH is 1. The fourth-order valence-corrected chi connectivity index (χ4v) is 13.3. The minimum atomic E-state index is -1.61. The predicted octanol–water partition coefficient (Wildman–Crippen LogP) is 16.1. The Hall–Kier alpha value is -9.54. The molecule has 15 nitrogen and oxygen atoms in total. The van der Waals surface area contributed by atoms with Crippen molar-refractivity contribution >= 4 is 47.5 Å². The van der Waals surface area contributed by atoms with E-state index in [1.54, 1.807) is 63.2 Å². The maximum absolute atomic E-state index is 15.5. The summed E-state index contributed by atoms with van der Waals surface area (Å²) in [5.41, 5.74) is 1.09. The van der Waals surface area contributed by atoms with Crippen molar-refractivity contribution in [3.63, 3.8) is 0 Å². The topological polar surface area (TPSA) is 187 Å². The maximum atomic E-state index is 15.5. The number of esters is 2. The number of carboxylic acids is 1. The molecular formula is C78H82F9N7O8. The quantitative estimate of drug-likeness (QED) is 0.0228. The summed E-state index contributed by atoms with van der Waals surface area (Å²) in [6.45, 7) is 22.9. The van der Waals surface area contributed by atoms with Gasteiger partial charge in [-0.3, -0.25) is 14.7 Å². The number of methoxy groups -OCH3 is 2. The van der Waals surface area contributed by atoms with Crippen LogP contribution in [0.4, 0.5) is 45.2 Å². The number of ether oxygens (including phenoxy) is 2. The van der Waals surface area contributed by atoms with E-state index in [-0.39, 0.29) is 76.9 Å². The Morgan fingerprint density at radius 2 is 0.951 bits per heavy atom. The Morgan fingerprint density at radius 1 is 0.588 bits per heavy atom. The molecule has 102 heavy (non-hydrogen) atoms. The lowest BCUT2D eigenvalue weighted by molar-refractivity contribution is -0.135. The number of aliphatic hydroxyl groups is 1. The Balaban J connectivity index is 0.000000195. The number of alkyl halides is 3. The Kier molecular flexibility index (Phi) is 25.0. The third-order valence-corrected chi connectivity index (χ3v) is 17.6. The molecule has 24 heteroatoms. The van der Waals surface area contributed by atoms with E-state index < -0.39 is 94.5 Å². The van der Waals surface area contributed by atoms with Gasteiger partial charge in [0.25, 0.3) is 0 Å². The summed E-state index contributed by atoms with van der Waals surface area (Å²) in [6.07, 6.45) is 8.78. The molecule has 6 aromatic carbocycles. The number of nitrogens with zero attached hydrogens (tertiary/aromatic N) is 6. The van der Waals surface area contributed by atoms with Crippen LogP contribution in [-0.2, 0) is 49.5 Å². The van der Waals surface area contributed by atoms with Crippen LogP contribution >= 0.6 is 0 Å². The summed E-state index contributed by atoms with van der Waals surface area (Å²) in [5, 5.41) is 30.1. The number of carboxylic acid groups (broad SMARTS) is 1. The van der Waals surface area contributed by atoms with Crippen LogP contribution in [0.25, 0.3) is 34.5 Å². The molecule has 4 heterocycles. The standard InChI is InChI=1S/C27H28F3N3O3.C26H29F3N2O3.C25H25F3N2O2/c1-5-22-31-26(32-36-22)17-7-8-19-18(13-17)10-15(2)33(14-27(3,4)30)25(19)24-20(28)11-16(12-21(24)29)6-9-23(34)35;1-15-9-18-12-17(22(30)13-32)6-7-19(18)25(31(15)14-26(2,3)29)24-20(27)10-16(11-21(24)28)5-8-23(33)34-4;1-15-10-17-13-18(29-4)7-8-19(17)24(30(15)14-25(2,3)28)23-20(26)11-16(12-21(23)27)6-9-22(31)32-5/h6-9,11-13,15,25H,5,10,14H2,1-4H3,(H,34,35);5-8,10-12,15,25,30,32H,9,13-14H2,1-4H3;6-9,11-13,15,24H,10,14H2,1-3,5H3/b9-6+;8-5+,30-22?;9-6+. The van der Waals surface area contributed by atoms with E-state index in [1.165, 1.54) is 67.9 Å². The van der Waals surface area contributed by atoms with Crippen molar-refractivity contribution in [3.8, 4) is 11.4 Å². The highest BCUT2D eigenvalue weighted by Gasteiger charge is 2.43. The predicted molar refractivity (Wildman–Crippen MR) is 371 cm³/mol. The van der Waals surface area contributed by atoms with Gasteiger partial charge in [0.05, 0.1) is 51.2 Å². The zero-order valence-corrected chi connectivity index (χ0v) is 58.7. The number of benzene rings is 6. The number of aromatic nitrogens is 2. The molecule has 0 spiro atoms. The normalized spacial score (nSPS) is 18.7. The number of carbonyl (C=O) groups excluding carboxylic acids is 2. The van der Waals surface area contributed by atoms with Gasteiger partial charge in [0.1, 0.15) is 51.9 Å². The highest BCUT2D eigenvalue weighted by atomic mass is 19.2. The number of aliphatic carboxylic acids is 1. The third-order valence-electron chi connectivity index (χ3n) is 17.6. The van der Waals surface area contributed by atoms with Crippen LogP contribution in [-0.4, -0.2) is 134 Å². The summed E-state index contributed by atoms with van der Waals surface area (Å²) in [6, 6.07) is 18.9. The lowest BCUT2D eigenvalue weighted by atomic mass is 9.82. The molecule has 0 amide bonds. The zero-order valence-electron chi connectivity index (χ0n) is 58.7. The fourth-order valence-electron chi connectivity index (χ4n) is 13.3. The minimum absolute atomic E-state index is 0.0221. The fraction of sp³-hybridized carbons (Fsp3) is 0.372. The van der Waals surface area contributed by atoms with Crippen molar-refractivity contribution in [2.75, 3.05) is 40.5 Å². The van der Waals surface area contributed by atoms with E-state index >= 15 is 26.3 Å². The summed E-state index contributed by atoms with van der Waals surface area (Å²) >= 11 is 0. The van der Waals surface area contributed by atoms with Crippen LogP contribution in [0.1, 0.15) is 166 Å². The number of nitrogens with one attached hydrogen (secondary N) is 1. The first-order valence-electron chi connectivity index (χ1n) is 33.0. The number of halogens is 9. The first-order valence-corrected chi connectivity index (χ1v) is 33.0. The number of rotatable bonds is 19. The van der Waals surface area contributed by atoms with Crippen molar-refractivity contribution < 1.29 is 78.1 Å². The largest absolute Gasteiger partial charge is 0.478 e. The van der Waals surface area contributed by atoms with E-state index in [0.29, 0.717) is 65.3 Å². The highest BCUT2D eigenvalue weighted by molar-refractivity contribution is 5.99. The van der Waals surface area contributed by atoms with Gasteiger partial charge in [-0.2, -0.15) is 4.98 Å². The molecule has 0 bridgehead atoms. The molecule has 540 valence electrons. The number of carbonyl (C=O) groups is 3. The van der Waals surface area contributed by atoms with Gasteiger partial charge in [-0.15, -0.1) is 0 Å². The van der Waals surface area contributed by atoms with Gasteiger partial charge in [-0.25, -0.2) is 58.7 Å². The molecule has 0 aliphatic carbocycles. The monoisotopic (exact) mass is 1420 g/mol. The minimum Gasteiger partial charge on any atom is -0.478 e. The molecule has 10 rings (SSSR count). The van der Waals surface area contributed by atoms with Gasteiger partial charge in [-0.1, -0.05) is 60.1 Å². The molecule has 3 N–H and O–H groups in total. The van der Waals surface area contributed by atoms with Crippen LogP contribution in [0.5, 0.6) is 0 Å². The first kappa shape index (κ1) is 78.2. The summed E-state index contributed by atoms with van der Waals surface area (Å²) in [4.78, 5) is 46.6. The van der Waals surface area contributed by atoms with E-state index in [4.69, 9.17) is 21.6 Å². The van der Waals surface area contributed by atoms with Crippen molar-refractivity contribution in [2.24, 2.45) is 0 Å². The molecule has 0 saturated heterocycles. The molecule has 0 radical (unpaired) electrons. The van der Waals surface area contributed by atoms with Crippen LogP contribution in [0.3, 0.4) is 0 Å². The van der Waals surface area contributed by atoms with Gasteiger partial charge in [0.2, 0.25) is 11.7 Å². The molecule has 0 saturated carbocycles. The Morgan fingerprint density at radius 3 is 1.29 bits per heavy atom. The average Bonchev–Trinajstić information content (AvgIpc) is 0.791. The number of hydrogen-bond donors (Lipinski definition) is 3. The molecule has 6 unspecified atom stereocenters.